The minimum atomic E-state index is -0.184. The molecule has 2 aromatic rings. The highest BCUT2D eigenvalue weighted by atomic mass is 32.2. The van der Waals surface area contributed by atoms with Gasteiger partial charge < -0.3 is 0 Å². The van der Waals surface area contributed by atoms with Crippen LogP contribution >= 0.6 is 11.8 Å². The third-order valence-electron chi connectivity index (χ3n) is 2.13. The maximum Gasteiger partial charge on any atom is 0.347 e. The fourth-order valence-electron chi connectivity index (χ4n) is 1.34. The third kappa shape index (κ3) is 2.97. The number of benzene rings is 1. The molecule has 1 aromatic heterocycles. The Labute approximate surface area is 98.2 Å². The lowest BCUT2D eigenvalue weighted by molar-refractivity contribution is 0.706. The van der Waals surface area contributed by atoms with Gasteiger partial charge in [-0.25, -0.2) is 9.78 Å². The predicted octanol–water partition coefficient (Wildman–Crippen LogP) is 2.04. The first-order valence-electron chi connectivity index (χ1n) is 5.05. The Morgan fingerprint density at radius 1 is 1.19 bits per heavy atom. The summed E-state index contributed by atoms with van der Waals surface area (Å²) in [5.41, 5.74) is -0.184. The lowest BCUT2D eigenvalue weighted by atomic mass is 10.4. The summed E-state index contributed by atoms with van der Waals surface area (Å²) in [5, 5.41) is 0. The fraction of sp³-hybridized carbons (Fsp3) is 0.167. The summed E-state index contributed by atoms with van der Waals surface area (Å²) in [6.45, 7) is 0.687. The molecule has 0 saturated heterocycles. The van der Waals surface area contributed by atoms with Crippen molar-refractivity contribution in [1.29, 1.82) is 0 Å². The minimum absolute atomic E-state index is 0.184. The van der Waals surface area contributed by atoms with Crippen molar-refractivity contribution < 1.29 is 0 Å². The molecule has 0 aliphatic carbocycles. The highest BCUT2D eigenvalue weighted by molar-refractivity contribution is 7.99. The highest BCUT2D eigenvalue weighted by Crippen LogP contribution is 2.16. The van der Waals surface area contributed by atoms with Gasteiger partial charge in [-0.2, -0.15) is 0 Å². The van der Waals surface area contributed by atoms with Crippen molar-refractivity contribution in [1.82, 2.24) is 9.55 Å². The second kappa shape index (κ2) is 5.51. The quantitative estimate of drug-likeness (QED) is 0.757. The van der Waals surface area contributed by atoms with Gasteiger partial charge in [-0.05, 0) is 18.2 Å². The summed E-state index contributed by atoms with van der Waals surface area (Å²) in [7, 11) is 0. The molecule has 0 fully saturated rings. The van der Waals surface area contributed by atoms with Crippen LogP contribution in [0.2, 0.25) is 0 Å². The highest BCUT2D eigenvalue weighted by Gasteiger charge is 1.96. The van der Waals surface area contributed by atoms with Crippen LogP contribution in [0.4, 0.5) is 0 Å². The molecule has 16 heavy (non-hydrogen) atoms. The lowest BCUT2D eigenvalue weighted by Crippen LogP contribution is -2.22. The van der Waals surface area contributed by atoms with Crippen LogP contribution in [0, 0.1) is 0 Å². The summed E-state index contributed by atoms with van der Waals surface area (Å²) in [5.74, 6) is 0.871. The zero-order chi connectivity index (χ0) is 11.2. The number of thioether (sulfide) groups is 1. The van der Waals surface area contributed by atoms with E-state index >= 15 is 0 Å². The first kappa shape index (κ1) is 11.0. The van der Waals surface area contributed by atoms with E-state index in [-0.39, 0.29) is 5.69 Å². The van der Waals surface area contributed by atoms with Crippen LogP contribution in [-0.2, 0) is 6.54 Å². The normalized spacial score (nSPS) is 10.2. The molecule has 0 radical (unpaired) electrons. The molecule has 2 rings (SSSR count). The van der Waals surface area contributed by atoms with Gasteiger partial charge in [0, 0.05) is 29.6 Å². The largest absolute Gasteiger partial charge is 0.347 e. The Kier molecular flexibility index (Phi) is 3.77. The molecule has 1 aromatic carbocycles. The van der Waals surface area contributed by atoms with E-state index in [1.807, 2.05) is 18.2 Å². The molecule has 0 saturated carbocycles. The van der Waals surface area contributed by atoms with E-state index in [0.29, 0.717) is 6.54 Å². The molecule has 0 bridgehead atoms. The molecule has 0 atom stereocenters. The number of aryl methyl sites for hydroxylation is 1. The van der Waals surface area contributed by atoms with Gasteiger partial charge in [0.15, 0.2) is 0 Å². The van der Waals surface area contributed by atoms with Crippen molar-refractivity contribution in [2.75, 3.05) is 5.75 Å². The standard InChI is InChI=1S/C12H12N2OS/c15-12-13-7-4-8-14(12)9-10-16-11-5-2-1-3-6-11/h1-8H,9-10H2. The molecule has 1 heterocycles. The van der Waals surface area contributed by atoms with E-state index < -0.39 is 0 Å². The monoisotopic (exact) mass is 232 g/mol. The molecule has 82 valence electrons. The SMILES string of the molecule is O=c1ncccn1CCSc1ccccc1. The van der Waals surface area contributed by atoms with Gasteiger partial charge in [-0.3, -0.25) is 4.57 Å². The Hall–Kier alpha value is -1.55. The number of aromatic nitrogens is 2. The van der Waals surface area contributed by atoms with Gasteiger partial charge in [-0.15, -0.1) is 11.8 Å². The summed E-state index contributed by atoms with van der Waals surface area (Å²) in [6.07, 6.45) is 3.28. The second-order valence-electron chi connectivity index (χ2n) is 3.26. The van der Waals surface area contributed by atoms with Crippen LogP contribution in [-0.4, -0.2) is 15.3 Å². The van der Waals surface area contributed by atoms with Crippen LogP contribution in [0.1, 0.15) is 0 Å². The molecular formula is C12H12N2OS. The number of nitrogens with zero attached hydrogens (tertiary/aromatic N) is 2. The summed E-state index contributed by atoms with van der Waals surface area (Å²) >= 11 is 1.74. The first-order chi connectivity index (χ1) is 7.86. The zero-order valence-electron chi connectivity index (χ0n) is 8.74. The topological polar surface area (TPSA) is 34.9 Å². The Morgan fingerprint density at radius 3 is 2.75 bits per heavy atom. The van der Waals surface area contributed by atoms with E-state index in [2.05, 4.69) is 17.1 Å². The van der Waals surface area contributed by atoms with Gasteiger partial charge in [-0.1, -0.05) is 18.2 Å². The smallest absolute Gasteiger partial charge is 0.298 e. The molecule has 0 unspecified atom stereocenters. The molecule has 0 spiro atoms. The molecular weight excluding hydrogens is 220 g/mol. The van der Waals surface area contributed by atoms with Crippen molar-refractivity contribution >= 4 is 11.8 Å². The maximum absolute atomic E-state index is 11.3. The summed E-state index contributed by atoms with van der Waals surface area (Å²) in [6, 6.07) is 11.9. The third-order valence-corrected chi connectivity index (χ3v) is 3.12. The van der Waals surface area contributed by atoms with E-state index in [4.69, 9.17) is 0 Å². The van der Waals surface area contributed by atoms with Crippen LogP contribution in [0.15, 0.2) is 58.5 Å². The summed E-state index contributed by atoms with van der Waals surface area (Å²) in [4.78, 5) is 16.2. The molecule has 0 aliphatic rings. The minimum Gasteiger partial charge on any atom is -0.298 e. The van der Waals surface area contributed by atoms with Crippen LogP contribution in [0.5, 0.6) is 0 Å². The van der Waals surface area contributed by atoms with E-state index in [1.54, 1.807) is 28.6 Å². The average molecular weight is 232 g/mol. The van der Waals surface area contributed by atoms with Crippen molar-refractivity contribution in [2.24, 2.45) is 0 Å². The number of hydrogen-bond acceptors (Lipinski definition) is 3. The van der Waals surface area contributed by atoms with Gasteiger partial charge >= 0.3 is 5.69 Å². The van der Waals surface area contributed by atoms with E-state index in [9.17, 15) is 4.79 Å². The van der Waals surface area contributed by atoms with Gasteiger partial charge in [0.1, 0.15) is 0 Å². The molecule has 3 nitrogen and oxygen atoms in total. The van der Waals surface area contributed by atoms with Crippen LogP contribution in [0.3, 0.4) is 0 Å². The van der Waals surface area contributed by atoms with Crippen molar-refractivity contribution in [3.8, 4) is 0 Å². The molecule has 0 aliphatic heterocycles. The van der Waals surface area contributed by atoms with Crippen molar-refractivity contribution in [3.05, 3.63) is 59.3 Å². The van der Waals surface area contributed by atoms with Gasteiger partial charge in [0.05, 0.1) is 0 Å². The number of hydrogen-bond donors (Lipinski definition) is 0. The zero-order valence-corrected chi connectivity index (χ0v) is 9.56. The Bertz CT molecular complexity index is 496. The maximum atomic E-state index is 11.3. The lowest BCUT2D eigenvalue weighted by Gasteiger charge is -2.03. The molecule has 4 heteroatoms. The van der Waals surface area contributed by atoms with E-state index in [0.717, 1.165) is 5.75 Å². The van der Waals surface area contributed by atoms with Gasteiger partial charge in [0.2, 0.25) is 0 Å². The average Bonchev–Trinajstić information content (AvgIpc) is 2.33. The second-order valence-corrected chi connectivity index (χ2v) is 4.43. The summed E-state index contributed by atoms with van der Waals surface area (Å²) < 4.78 is 1.62. The number of rotatable bonds is 4. The Balaban J connectivity index is 1.90. The van der Waals surface area contributed by atoms with Crippen molar-refractivity contribution in [3.63, 3.8) is 0 Å². The fourth-order valence-corrected chi connectivity index (χ4v) is 2.21. The van der Waals surface area contributed by atoms with E-state index in [1.165, 1.54) is 11.1 Å². The van der Waals surface area contributed by atoms with Crippen LogP contribution in [0.25, 0.3) is 0 Å². The first-order valence-corrected chi connectivity index (χ1v) is 6.04. The van der Waals surface area contributed by atoms with Crippen molar-refractivity contribution in [2.45, 2.75) is 11.4 Å². The Morgan fingerprint density at radius 2 is 2.00 bits per heavy atom. The van der Waals surface area contributed by atoms with Crippen LogP contribution < -0.4 is 5.69 Å². The predicted molar refractivity (Wildman–Crippen MR) is 65.7 cm³/mol. The molecule has 0 N–H and O–H groups in total. The molecule has 0 amide bonds. The van der Waals surface area contributed by atoms with Gasteiger partial charge in [0.25, 0.3) is 0 Å².